The standard InChI is InChI=1S/C15H17ClN2/c1-10-3-4-13(16)8-12(10)9-18-15-6-5-14(17)7-11(15)2/h3-8,18H,9,17H2,1-2H3. The molecule has 0 aliphatic rings. The minimum absolute atomic E-state index is 0.761. The van der Waals surface area contributed by atoms with E-state index < -0.39 is 0 Å². The van der Waals surface area contributed by atoms with Crippen molar-refractivity contribution < 1.29 is 0 Å². The van der Waals surface area contributed by atoms with Gasteiger partial charge in [-0.25, -0.2) is 0 Å². The maximum atomic E-state index is 6.01. The van der Waals surface area contributed by atoms with E-state index in [2.05, 4.69) is 12.2 Å². The van der Waals surface area contributed by atoms with E-state index in [1.54, 1.807) is 0 Å². The highest BCUT2D eigenvalue weighted by molar-refractivity contribution is 6.30. The molecule has 0 fully saturated rings. The number of halogens is 1. The van der Waals surface area contributed by atoms with Crippen LogP contribution in [0.3, 0.4) is 0 Å². The molecule has 94 valence electrons. The summed E-state index contributed by atoms with van der Waals surface area (Å²) in [6.07, 6.45) is 0. The van der Waals surface area contributed by atoms with Crippen LogP contribution in [0.25, 0.3) is 0 Å². The smallest absolute Gasteiger partial charge is 0.0409 e. The zero-order valence-electron chi connectivity index (χ0n) is 10.6. The summed E-state index contributed by atoms with van der Waals surface area (Å²) in [5.41, 5.74) is 11.2. The first-order valence-corrected chi connectivity index (χ1v) is 6.29. The van der Waals surface area contributed by atoms with Gasteiger partial charge in [0.1, 0.15) is 0 Å². The van der Waals surface area contributed by atoms with Gasteiger partial charge in [0.2, 0.25) is 0 Å². The molecule has 0 spiro atoms. The van der Waals surface area contributed by atoms with Crippen molar-refractivity contribution in [2.75, 3.05) is 11.1 Å². The lowest BCUT2D eigenvalue weighted by Gasteiger charge is -2.12. The zero-order chi connectivity index (χ0) is 13.1. The summed E-state index contributed by atoms with van der Waals surface area (Å²) in [5.74, 6) is 0. The average molecular weight is 261 g/mol. The van der Waals surface area contributed by atoms with Gasteiger partial charge in [-0.15, -0.1) is 0 Å². The molecule has 0 unspecified atom stereocenters. The predicted octanol–water partition coefficient (Wildman–Crippen LogP) is 4.15. The number of aryl methyl sites for hydroxylation is 2. The molecule has 0 aromatic heterocycles. The van der Waals surface area contributed by atoms with Gasteiger partial charge >= 0.3 is 0 Å². The van der Waals surface area contributed by atoms with Gasteiger partial charge in [0, 0.05) is 22.9 Å². The van der Waals surface area contributed by atoms with E-state index in [0.717, 1.165) is 28.5 Å². The molecule has 2 nitrogen and oxygen atoms in total. The van der Waals surface area contributed by atoms with Gasteiger partial charge in [0.25, 0.3) is 0 Å². The van der Waals surface area contributed by atoms with E-state index in [-0.39, 0.29) is 0 Å². The van der Waals surface area contributed by atoms with Crippen LogP contribution in [0, 0.1) is 13.8 Å². The molecular formula is C15H17ClN2. The van der Waals surface area contributed by atoms with Crippen molar-refractivity contribution in [3.05, 3.63) is 58.1 Å². The van der Waals surface area contributed by atoms with Crippen molar-refractivity contribution in [2.45, 2.75) is 20.4 Å². The summed E-state index contributed by atoms with van der Waals surface area (Å²) in [7, 11) is 0. The number of nitrogens with two attached hydrogens (primary N) is 1. The van der Waals surface area contributed by atoms with E-state index in [4.69, 9.17) is 17.3 Å². The van der Waals surface area contributed by atoms with E-state index >= 15 is 0 Å². The molecule has 3 heteroatoms. The number of nitrogens with one attached hydrogen (secondary N) is 1. The molecule has 2 rings (SSSR count). The van der Waals surface area contributed by atoms with Crippen molar-refractivity contribution in [2.24, 2.45) is 0 Å². The first-order chi connectivity index (χ1) is 8.56. The summed E-state index contributed by atoms with van der Waals surface area (Å²) in [5, 5.41) is 4.18. The number of anilines is 2. The molecule has 2 aromatic carbocycles. The molecule has 0 radical (unpaired) electrons. The number of nitrogen functional groups attached to an aromatic ring is 1. The Bertz CT molecular complexity index is 564. The maximum absolute atomic E-state index is 6.01. The SMILES string of the molecule is Cc1ccc(Cl)cc1CNc1ccc(N)cc1C. The van der Waals surface area contributed by atoms with Crippen molar-refractivity contribution in [1.82, 2.24) is 0 Å². The van der Waals surface area contributed by atoms with Crippen LogP contribution >= 0.6 is 11.6 Å². The second-order valence-corrected chi connectivity index (χ2v) is 4.94. The number of hydrogen-bond acceptors (Lipinski definition) is 2. The van der Waals surface area contributed by atoms with Gasteiger partial charge in [-0.2, -0.15) is 0 Å². The van der Waals surface area contributed by atoms with Gasteiger partial charge < -0.3 is 11.1 Å². The monoisotopic (exact) mass is 260 g/mol. The molecule has 0 saturated carbocycles. The predicted molar refractivity (Wildman–Crippen MR) is 79.1 cm³/mol. The first kappa shape index (κ1) is 12.8. The molecule has 0 bridgehead atoms. The molecule has 3 N–H and O–H groups in total. The molecular weight excluding hydrogens is 244 g/mol. The van der Waals surface area contributed by atoms with Crippen LogP contribution in [0.1, 0.15) is 16.7 Å². The fourth-order valence-corrected chi connectivity index (χ4v) is 2.10. The van der Waals surface area contributed by atoms with Gasteiger partial charge in [-0.1, -0.05) is 17.7 Å². The van der Waals surface area contributed by atoms with Crippen LogP contribution in [0.4, 0.5) is 11.4 Å². The van der Waals surface area contributed by atoms with E-state index in [0.29, 0.717) is 0 Å². The van der Waals surface area contributed by atoms with Crippen LogP contribution in [-0.2, 0) is 6.54 Å². The Morgan fingerprint density at radius 1 is 1.06 bits per heavy atom. The Morgan fingerprint density at radius 2 is 1.83 bits per heavy atom. The molecule has 0 aliphatic carbocycles. The van der Waals surface area contributed by atoms with Crippen LogP contribution in [0.2, 0.25) is 5.02 Å². The molecule has 0 atom stereocenters. The summed E-state index contributed by atoms with van der Waals surface area (Å²) in [4.78, 5) is 0. The Kier molecular flexibility index (Phi) is 3.78. The average Bonchev–Trinajstić information content (AvgIpc) is 2.32. The lowest BCUT2D eigenvalue weighted by molar-refractivity contribution is 1.11. The number of rotatable bonds is 3. The highest BCUT2D eigenvalue weighted by Gasteiger charge is 2.02. The second-order valence-electron chi connectivity index (χ2n) is 4.50. The third-order valence-corrected chi connectivity index (χ3v) is 3.27. The van der Waals surface area contributed by atoms with Gasteiger partial charge in [0.05, 0.1) is 0 Å². The second kappa shape index (κ2) is 5.32. The number of benzene rings is 2. The third kappa shape index (κ3) is 2.96. The fourth-order valence-electron chi connectivity index (χ4n) is 1.91. The van der Waals surface area contributed by atoms with Crippen LogP contribution in [-0.4, -0.2) is 0 Å². The van der Waals surface area contributed by atoms with Gasteiger partial charge in [-0.3, -0.25) is 0 Å². The van der Waals surface area contributed by atoms with E-state index in [9.17, 15) is 0 Å². The summed E-state index contributed by atoms with van der Waals surface area (Å²) in [6, 6.07) is 11.8. The van der Waals surface area contributed by atoms with Crippen LogP contribution in [0.5, 0.6) is 0 Å². The quantitative estimate of drug-likeness (QED) is 0.814. The van der Waals surface area contributed by atoms with Crippen LogP contribution in [0.15, 0.2) is 36.4 Å². The van der Waals surface area contributed by atoms with Crippen molar-refractivity contribution in [1.29, 1.82) is 0 Å². The minimum atomic E-state index is 0.761. The van der Waals surface area contributed by atoms with E-state index in [1.165, 1.54) is 11.1 Å². The number of hydrogen-bond donors (Lipinski definition) is 2. The Balaban J connectivity index is 2.13. The Hall–Kier alpha value is -1.67. The molecule has 2 aromatic rings. The van der Waals surface area contributed by atoms with Crippen molar-refractivity contribution in [3.63, 3.8) is 0 Å². The normalized spacial score (nSPS) is 10.4. The molecule has 18 heavy (non-hydrogen) atoms. The lowest BCUT2D eigenvalue weighted by Crippen LogP contribution is -2.03. The van der Waals surface area contributed by atoms with Crippen molar-refractivity contribution in [3.8, 4) is 0 Å². The van der Waals surface area contributed by atoms with Crippen LogP contribution < -0.4 is 11.1 Å². The highest BCUT2D eigenvalue weighted by atomic mass is 35.5. The molecule has 0 amide bonds. The van der Waals surface area contributed by atoms with Crippen molar-refractivity contribution >= 4 is 23.0 Å². The molecule has 0 heterocycles. The largest absolute Gasteiger partial charge is 0.399 e. The summed E-state index contributed by atoms with van der Waals surface area (Å²) >= 11 is 6.01. The lowest BCUT2D eigenvalue weighted by atomic mass is 10.1. The maximum Gasteiger partial charge on any atom is 0.0409 e. The fraction of sp³-hybridized carbons (Fsp3) is 0.200. The topological polar surface area (TPSA) is 38.0 Å². The minimum Gasteiger partial charge on any atom is -0.399 e. The summed E-state index contributed by atoms with van der Waals surface area (Å²) < 4.78 is 0. The Labute approximate surface area is 113 Å². The first-order valence-electron chi connectivity index (χ1n) is 5.91. The zero-order valence-corrected chi connectivity index (χ0v) is 11.4. The van der Waals surface area contributed by atoms with Gasteiger partial charge in [-0.05, 0) is 60.9 Å². The third-order valence-electron chi connectivity index (χ3n) is 3.03. The van der Waals surface area contributed by atoms with E-state index in [1.807, 2.05) is 43.3 Å². The van der Waals surface area contributed by atoms with Gasteiger partial charge in [0.15, 0.2) is 0 Å². The molecule has 0 aliphatic heterocycles. The Morgan fingerprint density at radius 3 is 2.56 bits per heavy atom. The summed E-state index contributed by atoms with van der Waals surface area (Å²) in [6.45, 7) is 4.89. The highest BCUT2D eigenvalue weighted by Crippen LogP contribution is 2.20. The molecule has 0 saturated heterocycles.